The Morgan fingerprint density at radius 1 is 0.477 bits per heavy atom. The molecule has 0 aromatic carbocycles. The van der Waals surface area contributed by atoms with Gasteiger partial charge in [0.25, 0.3) is 0 Å². The van der Waals surface area contributed by atoms with Crippen molar-refractivity contribution in [2.24, 2.45) is 0 Å². The quantitative estimate of drug-likeness (QED) is 0.0394. The molecule has 0 rings (SSSR count). The van der Waals surface area contributed by atoms with Crippen LogP contribution in [0.1, 0.15) is 141 Å². The van der Waals surface area contributed by atoms with Gasteiger partial charge in [-0.15, -0.1) is 0 Å². The molecule has 0 heterocycles. The molecule has 0 aliphatic rings. The Kier molecular flexibility index (Phi) is 33.5. The van der Waals surface area contributed by atoms with Crippen LogP contribution in [0.5, 0.6) is 0 Å². The van der Waals surface area contributed by atoms with E-state index in [1.165, 1.54) is 0 Å². The van der Waals surface area contributed by atoms with E-state index in [2.05, 4.69) is 48.6 Å². The molecule has 0 amide bonds. The lowest BCUT2D eigenvalue weighted by atomic mass is 10.1. The van der Waals surface area contributed by atoms with Crippen LogP contribution in [-0.4, -0.2) is 59.8 Å². The molecular formula is C37H64O7. The molecule has 0 aromatic heterocycles. The van der Waals surface area contributed by atoms with Crippen molar-refractivity contribution in [1.29, 1.82) is 0 Å². The summed E-state index contributed by atoms with van der Waals surface area (Å²) >= 11 is 0. The zero-order chi connectivity index (χ0) is 32.2. The Bertz CT molecular complexity index is 757. The third-order valence-electron chi connectivity index (χ3n) is 7.20. The van der Waals surface area contributed by atoms with E-state index < -0.39 is 6.10 Å². The number of carbonyl (C=O) groups excluding carboxylic acids is 2. The SMILES string of the molecule is O=C(CCCCCCC/C=C\C/C=C\CCCCO)OC[C@H](CO)OC(=O)CCCCCCC/C=C\C/C=C\CCCCO. The first-order chi connectivity index (χ1) is 21.6. The predicted octanol–water partition coefficient (Wildman–Crippen LogP) is 8.23. The highest BCUT2D eigenvalue weighted by atomic mass is 16.6. The lowest BCUT2D eigenvalue weighted by Crippen LogP contribution is -2.28. The fourth-order valence-electron chi connectivity index (χ4n) is 4.51. The molecule has 0 spiro atoms. The van der Waals surface area contributed by atoms with E-state index in [1.54, 1.807) is 0 Å². The van der Waals surface area contributed by atoms with Gasteiger partial charge >= 0.3 is 11.9 Å². The van der Waals surface area contributed by atoms with Gasteiger partial charge in [-0.05, 0) is 89.9 Å². The zero-order valence-electron chi connectivity index (χ0n) is 27.6. The number of carbonyl (C=O) groups is 2. The molecule has 0 saturated carbocycles. The fraction of sp³-hybridized carbons (Fsp3) is 0.730. The standard InChI is InChI=1S/C37H64O7/c38-31-27-23-19-15-11-7-3-1-5-9-13-17-21-25-29-36(41)43-34-35(33-40)44-37(42)30-26-22-18-14-10-6-2-4-8-12-16-20-24-28-32-39/h1-4,11-12,15-16,35,38-40H,5-10,13-14,17-34H2/b3-1-,4-2-,15-11-,16-12-/t35-/m0/s1. The van der Waals surface area contributed by atoms with E-state index in [-0.39, 0.29) is 38.4 Å². The largest absolute Gasteiger partial charge is 0.462 e. The highest BCUT2D eigenvalue weighted by molar-refractivity contribution is 5.70. The van der Waals surface area contributed by atoms with Crippen molar-refractivity contribution in [3.63, 3.8) is 0 Å². The first-order valence-corrected chi connectivity index (χ1v) is 17.4. The molecule has 254 valence electrons. The molecule has 3 N–H and O–H groups in total. The summed E-state index contributed by atoms with van der Waals surface area (Å²) in [5.41, 5.74) is 0. The molecule has 7 heteroatoms. The van der Waals surface area contributed by atoms with Crippen LogP contribution in [0.2, 0.25) is 0 Å². The number of unbranched alkanes of at least 4 members (excludes halogenated alkanes) is 14. The fourth-order valence-corrected chi connectivity index (χ4v) is 4.51. The van der Waals surface area contributed by atoms with E-state index >= 15 is 0 Å². The zero-order valence-corrected chi connectivity index (χ0v) is 27.6. The van der Waals surface area contributed by atoms with Crippen LogP contribution < -0.4 is 0 Å². The van der Waals surface area contributed by atoms with Crippen molar-refractivity contribution in [1.82, 2.24) is 0 Å². The second kappa shape index (κ2) is 35.3. The number of hydrogen-bond donors (Lipinski definition) is 3. The van der Waals surface area contributed by atoms with E-state index in [1.807, 2.05) is 0 Å². The molecule has 0 aliphatic carbocycles. The van der Waals surface area contributed by atoms with Gasteiger partial charge in [0.05, 0.1) is 6.61 Å². The number of allylic oxidation sites excluding steroid dienone is 8. The number of hydrogen-bond acceptors (Lipinski definition) is 7. The number of esters is 2. The molecule has 44 heavy (non-hydrogen) atoms. The average Bonchev–Trinajstić information content (AvgIpc) is 3.02. The molecule has 0 saturated heterocycles. The van der Waals surface area contributed by atoms with E-state index in [9.17, 15) is 14.7 Å². The summed E-state index contributed by atoms with van der Waals surface area (Å²) < 4.78 is 10.5. The van der Waals surface area contributed by atoms with Gasteiger partial charge in [-0.3, -0.25) is 9.59 Å². The highest BCUT2D eigenvalue weighted by Gasteiger charge is 2.16. The molecule has 0 aliphatic heterocycles. The van der Waals surface area contributed by atoms with Crippen LogP contribution in [0.15, 0.2) is 48.6 Å². The maximum absolute atomic E-state index is 12.1. The van der Waals surface area contributed by atoms with Gasteiger partial charge in [0.15, 0.2) is 6.10 Å². The summed E-state index contributed by atoms with van der Waals surface area (Å²) in [6, 6.07) is 0. The number of aliphatic hydroxyl groups excluding tert-OH is 3. The summed E-state index contributed by atoms with van der Waals surface area (Å²) in [6.45, 7) is 0.0891. The topological polar surface area (TPSA) is 113 Å². The summed E-state index contributed by atoms with van der Waals surface area (Å²) in [4.78, 5) is 24.1. The average molecular weight is 621 g/mol. The Hall–Kier alpha value is -2.22. The van der Waals surface area contributed by atoms with Crippen LogP contribution in [-0.2, 0) is 19.1 Å². The Balaban J connectivity index is 3.64. The van der Waals surface area contributed by atoms with Crippen molar-refractivity contribution in [2.45, 2.75) is 147 Å². The third-order valence-corrected chi connectivity index (χ3v) is 7.20. The molecule has 7 nitrogen and oxygen atoms in total. The smallest absolute Gasteiger partial charge is 0.306 e. The van der Waals surface area contributed by atoms with Crippen molar-refractivity contribution < 1.29 is 34.4 Å². The van der Waals surface area contributed by atoms with Gasteiger partial charge in [-0.1, -0.05) is 87.1 Å². The van der Waals surface area contributed by atoms with Crippen LogP contribution in [0.4, 0.5) is 0 Å². The Labute approximate surface area is 268 Å². The lowest BCUT2D eigenvalue weighted by Gasteiger charge is -2.15. The van der Waals surface area contributed by atoms with Crippen LogP contribution >= 0.6 is 0 Å². The molecule has 0 aromatic rings. The third kappa shape index (κ3) is 32.7. The Morgan fingerprint density at radius 2 is 0.864 bits per heavy atom. The first-order valence-electron chi connectivity index (χ1n) is 17.4. The normalized spacial score (nSPS) is 12.7. The summed E-state index contributed by atoms with van der Waals surface area (Å²) in [5.74, 6) is -0.666. The van der Waals surface area contributed by atoms with Gasteiger partial charge in [0, 0.05) is 26.1 Å². The van der Waals surface area contributed by atoms with Crippen LogP contribution in [0.3, 0.4) is 0 Å². The monoisotopic (exact) mass is 620 g/mol. The second-order valence-electron chi connectivity index (χ2n) is 11.4. The van der Waals surface area contributed by atoms with Gasteiger partial charge in [0.1, 0.15) is 6.61 Å². The summed E-state index contributed by atoms with van der Waals surface area (Å²) in [7, 11) is 0. The van der Waals surface area contributed by atoms with Gasteiger partial charge in [0.2, 0.25) is 0 Å². The number of ether oxygens (including phenoxy) is 2. The van der Waals surface area contributed by atoms with Crippen molar-refractivity contribution in [3.05, 3.63) is 48.6 Å². The van der Waals surface area contributed by atoms with Gasteiger partial charge in [-0.25, -0.2) is 0 Å². The molecule has 1 atom stereocenters. The number of rotatable bonds is 32. The summed E-state index contributed by atoms with van der Waals surface area (Å²) in [5, 5.41) is 27.0. The van der Waals surface area contributed by atoms with Crippen LogP contribution in [0.25, 0.3) is 0 Å². The van der Waals surface area contributed by atoms with E-state index in [4.69, 9.17) is 19.7 Å². The van der Waals surface area contributed by atoms with Crippen LogP contribution in [0, 0.1) is 0 Å². The number of aliphatic hydroxyl groups is 3. The second-order valence-corrected chi connectivity index (χ2v) is 11.4. The first kappa shape index (κ1) is 41.8. The Morgan fingerprint density at radius 3 is 1.30 bits per heavy atom. The molecule has 0 radical (unpaired) electrons. The minimum atomic E-state index is -0.802. The molecular weight excluding hydrogens is 556 g/mol. The van der Waals surface area contributed by atoms with Crippen molar-refractivity contribution >= 4 is 11.9 Å². The lowest BCUT2D eigenvalue weighted by molar-refractivity contribution is -0.161. The molecule has 0 unspecified atom stereocenters. The molecule has 0 fully saturated rings. The summed E-state index contributed by atoms with van der Waals surface area (Å²) in [6.07, 6.45) is 37.6. The molecule has 0 bridgehead atoms. The van der Waals surface area contributed by atoms with E-state index in [0.29, 0.717) is 12.8 Å². The minimum Gasteiger partial charge on any atom is -0.462 e. The minimum absolute atomic E-state index is 0.0989. The predicted molar refractivity (Wildman–Crippen MR) is 180 cm³/mol. The van der Waals surface area contributed by atoms with Gasteiger partial charge < -0.3 is 24.8 Å². The maximum Gasteiger partial charge on any atom is 0.306 e. The van der Waals surface area contributed by atoms with E-state index in [0.717, 1.165) is 128 Å². The van der Waals surface area contributed by atoms with Crippen molar-refractivity contribution in [2.75, 3.05) is 26.4 Å². The highest BCUT2D eigenvalue weighted by Crippen LogP contribution is 2.11. The van der Waals surface area contributed by atoms with Crippen molar-refractivity contribution in [3.8, 4) is 0 Å². The maximum atomic E-state index is 12.1. The van der Waals surface area contributed by atoms with Gasteiger partial charge in [-0.2, -0.15) is 0 Å².